The molecule has 9 nitrogen and oxygen atoms in total. The molecule has 2 heterocycles. The highest BCUT2D eigenvalue weighted by Gasteiger charge is 2.32. The zero-order valence-electron chi connectivity index (χ0n) is 14.8. The van der Waals surface area contributed by atoms with Crippen LogP contribution in [0.25, 0.3) is 0 Å². The van der Waals surface area contributed by atoms with E-state index in [-0.39, 0.29) is 12.5 Å². The minimum Gasteiger partial charge on any atom is -0.487 e. The van der Waals surface area contributed by atoms with E-state index < -0.39 is 18.1 Å². The summed E-state index contributed by atoms with van der Waals surface area (Å²) in [6, 6.07) is 8.18. The highest BCUT2D eigenvalue weighted by atomic mass is 16.6. The number of ether oxygens (including phenoxy) is 2. The van der Waals surface area contributed by atoms with Crippen molar-refractivity contribution in [3.05, 3.63) is 48.3 Å². The summed E-state index contributed by atoms with van der Waals surface area (Å²) in [7, 11) is 3.15. The van der Waals surface area contributed by atoms with Crippen LogP contribution in [0.2, 0.25) is 0 Å². The number of carbonyl (C=O) groups excluding carboxylic acids is 3. The lowest BCUT2D eigenvalue weighted by atomic mass is 10.1. The Morgan fingerprint density at radius 2 is 2.00 bits per heavy atom. The van der Waals surface area contributed by atoms with Crippen LogP contribution in [0.1, 0.15) is 10.4 Å². The van der Waals surface area contributed by atoms with Crippen molar-refractivity contribution in [3.63, 3.8) is 0 Å². The lowest BCUT2D eigenvalue weighted by Crippen LogP contribution is -2.41. The summed E-state index contributed by atoms with van der Waals surface area (Å²) in [5, 5.41) is 0. The van der Waals surface area contributed by atoms with Gasteiger partial charge in [0, 0.05) is 37.7 Å². The van der Waals surface area contributed by atoms with Crippen LogP contribution in [0.15, 0.2) is 42.7 Å². The minimum absolute atomic E-state index is 0.163. The standard InChI is InChI=1S/C18H18N4O5/c1-21(12-5-7-20-8-6-12)16(23)11-3-4-14-13(9-11)22(2)17(24)15(10-26-14)27-18(19)25/h3-9,15H,10H2,1-2H3,(H2,19,25)/t15-/m0/s1. The molecular formula is C18H18N4O5. The number of rotatable bonds is 3. The van der Waals surface area contributed by atoms with E-state index in [1.807, 2.05) is 0 Å². The summed E-state index contributed by atoms with van der Waals surface area (Å²) in [4.78, 5) is 42.9. The maximum atomic E-state index is 12.8. The fourth-order valence-corrected chi connectivity index (χ4v) is 2.71. The van der Waals surface area contributed by atoms with Gasteiger partial charge in [-0.2, -0.15) is 0 Å². The Kier molecular flexibility index (Phi) is 4.93. The number of nitrogens with zero attached hydrogens (tertiary/aromatic N) is 3. The Bertz CT molecular complexity index is 887. The highest BCUT2D eigenvalue weighted by molar-refractivity contribution is 6.07. The molecule has 1 aromatic carbocycles. The predicted molar refractivity (Wildman–Crippen MR) is 96.8 cm³/mol. The molecule has 2 N–H and O–H groups in total. The van der Waals surface area contributed by atoms with Crippen molar-refractivity contribution in [1.29, 1.82) is 0 Å². The van der Waals surface area contributed by atoms with Crippen LogP contribution < -0.4 is 20.3 Å². The van der Waals surface area contributed by atoms with Gasteiger partial charge in [0.25, 0.3) is 11.8 Å². The van der Waals surface area contributed by atoms with Gasteiger partial charge in [0.15, 0.2) is 0 Å². The van der Waals surface area contributed by atoms with Gasteiger partial charge >= 0.3 is 6.09 Å². The monoisotopic (exact) mass is 370 g/mol. The fraction of sp³-hybridized carbons (Fsp3) is 0.222. The summed E-state index contributed by atoms with van der Waals surface area (Å²) in [5.41, 5.74) is 6.44. The normalized spacial score (nSPS) is 16.0. The highest BCUT2D eigenvalue weighted by Crippen LogP contribution is 2.32. The fourth-order valence-electron chi connectivity index (χ4n) is 2.71. The summed E-state index contributed by atoms with van der Waals surface area (Å²) in [6.07, 6.45) is 0.967. The van der Waals surface area contributed by atoms with E-state index in [9.17, 15) is 14.4 Å². The third-order valence-electron chi connectivity index (χ3n) is 4.18. The lowest BCUT2D eigenvalue weighted by molar-refractivity contribution is -0.127. The molecule has 3 amide bonds. The molecule has 2 aromatic rings. The molecule has 1 aliphatic rings. The first-order chi connectivity index (χ1) is 12.9. The molecule has 0 unspecified atom stereocenters. The molecule has 3 rings (SSSR count). The van der Waals surface area contributed by atoms with Gasteiger partial charge < -0.3 is 25.0 Å². The number of nitrogens with two attached hydrogens (primary N) is 1. The van der Waals surface area contributed by atoms with Crippen molar-refractivity contribution in [2.24, 2.45) is 5.73 Å². The summed E-state index contributed by atoms with van der Waals surface area (Å²) >= 11 is 0. The first-order valence-corrected chi connectivity index (χ1v) is 8.07. The molecule has 0 fully saturated rings. The summed E-state index contributed by atoms with van der Waals surface area (Å²) in [5.74, 6) is -0.372. The van der Waals surface area contributed by atoms with Gasteiger partial charge in [-0.05, 0) is 30.3 Å². The van der Waals surface area contributed by atoms with E-state index in [4.69, 9.17) is 15.2 Å². The van der Waals surface area contributed by atoms with Gasteiger partial charge in [-0.1, -0.05) is 0 Å². The van der Waals surface area contributed by atoms with Gasteiger partial charge in [0.05, 0.1) is 5.69 Å². The van der Waals surface area contributed by atoms with E-state index in [2.05, 4.69) is 4.98 Å². The van der Waals surface area contributed by atoms with Crippen molar-refractivity contribution in [2.45, 2.75) is 6.10 Å². The molecule has 0 spiro atoms. The van der Waals surface area contributed by atoms with Crippen molar-refractivity contribution < 1.29 is 23.9 Å². The Morgan fingerprint density at radius 3 is 2.67 bits per heavy atom. The van der Waals surface area contributed by atoms with Crippen molar-refractivity contribution >= 4 is 29.3 Å². The van der Waals surface area contributed by atoms with Gasteiger partial charge in [0.2, 0.25) is 6.10 Å². The number of aromatic nitrogens is 1. The average Bonchev–Trinajstić information content (AvgIpc) is 2.79. The molecule has 140 valence electrons. The number of amides is 3. The Labute approximate surface area is 155 Å². The second kappa shape index (κ2) is 7.32. The maximum Gasteiger partial charge on any atom is 0.405 e. The molecular weight excluding hydrogens is 352 g/mol. The molecule has 1 aromatic heterocycles. The lowest BCUT2D eigenvalue weighted by Gasteiger charge is -2.21. The topological polar surface area (TPSA) is 115 Å². The van der Waals surface area contributed by atoms with Crippen LogP contribution in [-0.4, -0.2) is 49.7 Å². The third kappa shape index (κ3) is 3.66. The van der Waals surface area contributed by atoms with Crippen molar-refractivity contribution in [3.8, 4) is 5.75 Å². The molecule has 0 aliphatic carbocycles. The Morgan fingerprint density at radius 1 is 1.30 bits per heavy atom. The second-order valence-electron chi connectivity index (χ2n) is 5.89. The number of hydrogen-bond acceptors (Lipinski definition) is 6. The van der Waals surface area contributed by atoms with Gasteiger partial charge in [-0.15, -0.1) is 0 Å². The smallest absolute Gasteiger partial charge is 0.405 e. The molecule has 1 aliphatic heterocycles. The molecule has 9 heteroatoms. The zero-order chi connectivity index (χ0) is 19.6. The minimum atomic E-state index is -1.15. The molecule has 0 saturated heterocycles. The number of fused-ring (bicyclic) bond motifs is 1. The molecule has 0 radical (unpaired) electrons. The van der Waals surface area contributed by atoms with Crippen LogP contribution in [0.3, 0.4) is 0 Å². The number of anilines is 2. The summed E-state index contributed by atoms with van der Waals surface area (Å²) in [6.45, 7) is -0.163. The number of hydrogen-bond donors (Lipinski definition) is 1. The van der Waals surface area contributed by atoms with E-state index >= 15 is 0 Å². The Hall–Kier alpha value is -3.62. The van der Waals surface area contributed by atoms with Crippen molar-refractivity contribution in [2.75, 3.05) is 30.5 Å². The number of benzene rings is 1. The molecule has 0 saturated carbocycles. The quantitative estimate of drug-likeness (QED) is 0.867. The number of pyridine rings is 1. The number of primary amides is 1. The Balaban J connectivity index is 1.89. The molecule has 27 heavy (non-hydrogen) atoms. The van der Waals surface area contributed by atoms with Crippen LogP contribution in [0.4, 0.5) is 16.2 Å². The molecule has 0 bridgehead atoms. The van der Waals surface area contributed by atoms with Crippen LogP contribution >= 0.6 is 0 Å². The first kappa shape index (κ1) is 18.2. The van der Waals surface area contributed by atoms with E-state index in [0.29, 0.717) is 22.7 Å². The largest absolute Gasteiger partial charge is 0.487 e. The van der Waals surface area contributed by atoms with E-state index in [1.54, 1.807) is 49.8 Å². The number of likely N-dealkylation sites (N-methyl/N-ethyl adjacent to an activating group) is 1. The SMILES string of the molecule is CN(C(=O)c1ccc2c(c1)N(C)C(=O)[C@@H](OC(N)=O)CO2)c1ccncc1. The van der Waals surface area contributed by atoms with E-state index in [1.165, 1.54) is 16.8 Å². The number of carbonyl (C=O) groups is 3. The predicted octanol–water partition coefficient (Wildman–Crippen LogP) is 1.18. The van der Waals surface area contributed by atoms with Crippen LogP contribution in [0.5, 0.6) is 5.75 Å². The van der Waals surface area contributed by atoms with Gasteiger partial charge in [-0.3, -0.25) is 14.6 Å². The van der Waals surface area contributed by atoms with Crippen LogP contribution in [-0.2, 0) is 9.53 Å². The van der Waals surface area contributed by atoms with Gasteiger partial charge in [0.1, 0.15) is 12.4 Å². The van der Waals surface area contributed by atoms with Crippen molar-refractivity contribution in [1.82, 2.24) is 4.98 Å². The zero-order valence-corrected chi connectivity index (χ0v) is 14.8. The average molecular weight is 370 g/mol. The summed E-state index contributed by atoms with van der Waals surface area (Å²) < 4.78 is 10.4. The third-order valence-corrected chi connectivity index (χ3v) is 4.18. The van der Waals surface area contributed by atoms with Gasteiger partial charge in [-0.25, -0.2) is 4.79 Å². The first-order valence-electron chi connectivity index (χ1n) is 8.07. The van der Waals surface area contributed by atoms with Crippen LogP contribution in [0, 0.1) is 0 Å². The van der Waals surface area contributed by atoms with E-state index in [0.717, 1.165) is 0 Å². The maximum absolute atomic E-state index is 12.8. The second-order valence-corrected chi connectivity index (χ2v) is 5.89. The molecule has 1 atom stereocenters.